The predicted molar refractivity (Wildman–Crippen MR) is 166 cm³/mol. The van der Waals surface area contributed by atoms with Crippen LogP contribution in [0.25, 0.3) is 77.1 Å². The van der Waals surface area contributed by atoms with Crippen molar-refractivity contribution in [1.82, 2.24) is 23.9 Å². The Morgan fingerprint density at radius 3 is 2.44 bits per heavy atom. The molecule has 0 bridgehead atoms. The highest BCUT2D eigenvalue weighted by atomic mass is 15.1. The van der Waals surface area contributed by atoms with Crippen molar-refractivity contribution in [2.24, 2.45) is 0 Å². The number of rotatable bonds is 1. The maximum absolute atomic E-state index is 5.05. The number of fused-ring (bicyclic) bond motifs is 15. The summed E-state index contributed by atoms with van der Waals surface area (Å²) >= 11 is 0. The van der Waals surface area contributed by atoms with Crippen LogP contribution in [0.1, 0.15) is 11.1 Å². The molecule has 10 rings (SSSR count). The number of hydrogen-bond donors (Lipinski definition) is 0. The minimum absolute atomic E-state index is 0.750. The maximum Gasteiger partial charge on any atom is 0.178 e. The third kappa shape index (κ3) is 2.68. The largest absolute Gasteiger partial charge is 0.309 e. The van der Waals surface area contributed by atoms with Gasteiger partial charge in [-0.1, -0.05) is 42.5 Å². The number of nitrogens with zero attached hydrogens (tertiary/aromatic N) is 5. The molecule has 190 valence electrons. The minimum atomic E-state index is 0.750. The van der Waals surface area contributed by atoms with Crippen LogP contribution < -0.4 is 0 Å². The number of para-hydroxylation sites is 1. The predicted octanol–water partition coefficient (Wildman–Crippen LogP) is 8.25. The van der Waals surface area contributed by atoms with Crippen molar-refractivity contribution in [3.8, 4) is 16.8 Å². The normalized spacial score (nSPS) is 12.8. The van der Waals surface area contributed by atoms with E-state index in [1.165, 1.54) is 49.4 Å². The zero-order valence-corrected chi connectivity index (χ0v) is 21.9. The van der Waals surface area contributed by atoms with Crippen LogP contribution in [0.15, 0.2) is 116 Å². The van der Waals surface area contributed by atoms with Gasteiger partial charge in [0, 0.05) is 51.2 Å². The van der Waals surface area contributed by atoms with Gasteiger partial charge in [0.25, 0.3) is 0 Å². The molecule has 5 heterocycles. The molecule has 1 aliphatic carbocycles. The molecular weight excluding hydrogens is 502 g/mol. The molecule has 5 nitrogen and oxygen atoms in total. The minimum Gasteiger partial charge on any atom is -0.309 e. The highest BCUT2D eigenvalue weighted by Gasteiger charge is 2.24. The summed E-state index contributed by atoms with van der Waals surface area (Å²) in [5.74, 6) is 0. The lowest BCUT2D eigenvalue weighted by molar-refractivity contribution is 1.18. The van der Waals surface area contributed by atoms with E-state index in [-0.39, 0.29) is 0 Å². The summed E-state index contributed by atoms with van der Waals surface area (Å²) in [5.41, 5.74) is 12.7. The Morgan fingerprint density at radius 1 is 0.585 bits per heavy atom. The molecule has 0 unspecified atom stereocenters. The van der Waals surface area contributed by atoms with Crippen LogP contribution in [0.4, 0.5) is 0 Å². The van der Waals surface area contributed by atoms with Gasteiger partial charge in [-0.05, 0) is 83.3 Å². The van der Waals surface area contributed by atoms with Crippen LogP contribution in [0.3, 0.4) is 0 Å². The molecule has 0 spiro atoms. The second-order valence-electron chi connectivity index (χ2n) is 10.9. The van der Waals surface area contributed by atoms with Gasteiger partial charge in [0.2, 0.25) is 0 Å². The van der Waals surface area contributed by atoms with Crippen molar-refractivity contribution in [2.75, 3.05) is 0 Å². The number of hydrogen-bond acceptors (Lipinski definition) is 3. The summed E-state index contributed by atoms with van der Waals surface area (Å²) < 4.78 is 4.65. The van der Waals surface area contributed by atoms with E-state index in [0.717, 1.165) is 45.2 Å². The van der Waals surface area contributed by atoms with Gasteiger partial charge in [0.05, 0.1) is 22.1 Å². The van der Waals surface area contributed by atoms with Gasteiger partial charge in [-0.3, -0.25) is 9.38 Å². The highest BCUT2D eigenvalue weighted by Crippen LogP contribution is 2.45. The van der Waals surface area contributed by atoms with E-state index in [0.29, 0.717) is 0 Å². The van der Waals surface area contributed by atoms with Gasteiger partial charge in [-0.25, -0.2) is 9.97 Å². The Bertz CT molecular complexity index is 2550. The molecule has 9 aromatic rings. The summed E-state index contributed by atoms with van der Waals surface area (Å²) in [6, 6.07) is 35.0. The van der Waals surface area contributed by atoms with Gasteiger partial charge in [0.1, 0.15) is 5.65 Å². The van der Waals surface area contributed by atoms with E-state index in [2.05, 4.69) is 110 Å². The third-order valence-corrected chi connectivity index (χ3v) is 8.84. The summed E-state index contributed by atoms with van der Waals surface area (Å²) in [6.45, 7) is 0. The molecule has 0 aliphatic heterocycles. The Hall–Kier alpha value is -5.55. The fourth-order valence-corrected chi connectivity index (χ4v) is 7.17. The fraction of sp³-hybridized carbons (Fsp3) is 0.0278. The molecule has 0 amide bonds. The summed E-state index contributed by atoms with van der Waals surface area (Å²) in [6.07, 6.45) is 6.64. The molecule has 0 saturated heterocycles. The Kier molecular flexibility index (Phi) is 3.92. The molecule has 1 aliphatic rings. The first-order valence-electron chi connectivity index (χ1n) is 13.9. The molecule has 0 saturated carbocycles. The second kappa shape index (κ2) is 7.55. The van der Waals surface area contributed by atoms with E-state index in [9.17, 15) is 0 Å². The van der Waals surface area contributed by atoms with E-state index < -0.39 is 0 Å². The summed E-state index contributed by atoms with van der Waals surface area (Å²) in [7, 11) is 0. The molecule has 0 radical (unpaired) electrons. The number of benzene rings is 4. The molecule has 5 aromatic heterocycles. The average molecular weight is 524 g/mol. The number of aromatic nitrogens is 5. The number of pyridine rings is 3. The van der Waals surface area contributed by atoms with Crippen LogP contribution in [-0.4, -0.2) is 23.9 Å². The molecule has 5 heteroatoms. The maximum atomic E-state index is 5.05. The molecule has 0 fully saturated rings. The Balaban J connectivity index is 1.47. The van der Waals surface area contributed by atoms with Crippen molar-refractivity contribution >= 4 is 60.3 Å². The van der Waals surface area contributed by atoms with Crippen LogP contribution in [0.5, 0.6) is 0 Å². The molecule has 0 atom stereocenters. The SMILES string of the molecule is c1ccc(-n2c3cc4c(cc3c3c5c6cnccc6n6c7cccnc7nc6c5ccc32)Cc2ccccc2-4)cc1. The zero-order chi connectivity index (χ0) is 26.7. The molecular formula is C36H21N5. The van der Waals surface area contributed by atoms with Crippen molar-refractivity contribution in [3.63, 3.8) is 0 Å². The molecule has 4 aromatic carbocycles. The van der Waals surface area contributed by atoms with Crippen LogP contribution in [0, 0.1) is 0 Å². The van der Waals surface area contributed by atoms with Gasteiger partial charge in [-0.15, -0.1) is 0 Å². The van der Waals surface area contributed by atoms with Gasteiger partial charge >= 0.3 is 0 Å². The van der Waals surface area contributed by atoms with E-state index in [1.54, 1.807) is 0 Å². The topological polar surface area (TPSA) is 48.0 Å². The zero-order valence-electron chi connectivity index (χ0n) is 21.9. The number of imidazole rings is 1. The molecule has 0 N–H and O–H groups in total. The van der Waals surface area contributed by atoms with Crippen LogP contribution >= 0.6 is 0 Å². The van der Waals surface area contributed by atoms with Crippen molar-refractivity contribution in [2.45, 2.75) is 6.42 Å². The third-order valence-electron chi connectivity index (χ3n) is 8.84. The average Bonchev–Trinajstić information content (AvgIpc) is 3.69. The summed E-state index contributed by atoms with van der Waals surface area (Å²) in [5, 5.41) is 5.89. The van der Waals surface area contributed by atoms with E-state index >= 15 is 0 Å². The Morgan fingerprint density at radius 2 is 1.49 bits per heavy atom. The first kappa shape index (κ1) is 21.3. The van der Waals surface area contributed by atoms with Gasteiger partial charge in [-0.2, -0.15) is 0 Å². The fourth-order valence-electron chi connectivity index (χ4n) is 7.17. The van der Waals surface area contributed by atoms with Crippen LogP contribution in [0.2, 0.25) is 0 Å². The van der Waals surface area contributed by atoms with Gasteiger partial charge in [0.15, 0.2) is 5.65 Å². The quantitative estimate of drug-likeness (QED) is 0.204. The first-order valence-corrected chi connectivity index (χ1v) is 13.9. The lowest BCUT2D eigenvalue weighted by atomic mass is 9.98. The van der Waals surface area contributed by atoms with Crippen molar-refractivity contribution in [1.29, 1.82) is 0 Å². The highest BCUT2D eigenvalue weighted by molar-refractivity contribution is 6.30. The van der Waals surface area contributed by atoms with Crippen molar-refractivity contribution in [3.05, 3.63) is 127 Å². The Labute approximate surface area is 234 Å². The lowest BCUT2D eigenvalue weighted by Gasteiger charge is -2.11. The standard InChI is InChI=1S/C36H21N5/c1-2-8-23(9-3-1)40-30-13-12-25-33(28-20-37-16-14-29(28)41-31-11-6-15-38-35(31)39-36(25)41)34(30)27-18-22-17-21-7-4-5-10-24(21)26(22)19-32(27)40/h1-16,18-20H,17H2. The smallest absolute Gasteiger partial charge is 0.178 e. The lowest BCUT2D eigenvalue weighted by Crippen LogP contribution is -1.95. The van der Waals surface area contributed by atoms with Gasteiger partial charge < -0.3 is 4.57 Å². The first-order chi connectivity index (χ1) is 20.3. The summed E-state index contributed by atoms with van der Waals surface area (Å²) in [4.78, 5) is 14.3. The van der Waals surface area contributed by atoms with E-state index in [1.807, 2.05) is 24.7 Å². The molecule has 41 heavy (non-hydrogen) atoms. The van der Waals surface area contributed by atoms with Crippen LogP contribution in [-0.2, 0) is 6.42 Å². The van der Waals surface area contributed by atoms with Crippen molar-refractivity contribution < 1.29 is 0 Å². The second-order valence-corrected chi connectivity index (χ2v) is 10.9. The monoisotopic (exact) mass is 523 g/mol. The van der Waals surface area contributed by atoms with E-state index in [4.69, 9.17) is 4.98 Å².